The lowest BCUT2D eigenvalue weighted by Crippen LogP contribution is -2.30. The molecule has 0 radical (unpaired) electrons. The van der Waals surface area contributed by atoms with Gasteiger partial charge in [-0.1, -0.05) is 17.7 Å². The predicted octanol–water partition coefficient (Wildman–Crippen LogP) is 2.18. The Kier molecular flexibility index (Phi) is 4.46. The molecule has 1 heterocycles. The number of likely N-dealkylation sites (tertiary alicyclic amines) is 1. The third-order valence-electron chi connectivity index (χ3n) is 2.45. The van der Waals surface area contributed by atoms with Crippen LogP contribution in [-0.2, 0) is 4.79 Å². The molecule has 2 nitrogen and oxygen atoms in total. The van der Waals surface area contributed by atoms with Crippen LogP contribution in [0.2, 0.25) is 0 Å². The maximum absolute atomic E-state index is 10.9. The zero-order chi connectivity index (χ0) is 9.68. The number of carbonyl (C=O) groups excluding carboxylic acids is 1. The Bertz CT molecular complexity index is 203. The fraction of sp³-hybridized carbons (Fsp3) is 0.700. The summed E-state index contributed by atoms with van der Waals surface area (Å²) in [4.78, 5) is 13.3. The van der Waals surface area contributed by atoms with Crippen molar-refractivity contribution in [2.45, 2.75) is 32.2 Å². The van der Waals surface area contributed by atoms with E-state index >= 15 is 0 Å². The third-order valence-corrected chi connectivity index (χ3v) is 2.63. The van der Waals surface area contributed by atoms with Gasteiger partial charge in [-0.05, 0) is 26.3 Å². The largest absolute Gasteiger partial charge is 0.300 e. The minimum absolute atomic E-state index is 0.284. The summed E-state index contributed by atoms with van der Waals surface area (Å²) in [6.45, 7) is 3.63. The van der Waals surface area contributed by atoms with Gasteiger partial charge < -0.3 is 0 Å². The number of rotatable bonds is 4. The van der Waals surface area contributed by atoms with E-state index in [1.165, 1.54) is 6.42 Å². The molecule has 0 spiro atoms. The van der Waals surface area contributed by atoms with Crippen LogP contribution < -0.4 is 0 Å². The first kappa shape index (κ1) is 10.7. The summed E-state index contributed by atoms with van der Waals surface area (Å²) in [6, 6.07) is 0.449. The first-order valence-electron chi connectivity index (χ1n) is 4.72. The molecule has 0 saturated carbocycles. The maximum Gasteiger partial charge on any atom is 0.131 e. The molecule has 0 N–H and O–H groups in total. The Morgan fingerprint density at radius 2 is 2.46 bits per heavy atom. The van der Waals surface area contributed by atoms with Crippen LogP contribution in [0.15, 0.2) is 11.6 Å². The highest BCUT2D eigenvalue weighted by Crippen LogP contribution is 2.19. The van der Waals surface area contributed by atoms with Gasteiger partial charge in [-0.2, -0.15) is 0 Å². The molecule has 1 rings (SSSR count). The third kappa shape index (κ3) is 3.49. The van der Waals surface area contributed by atoms with Gasteiger partial charge in [-0.15, -0.1) is 0 Å². The molecule has 1 aliphatic rings. The molecule has 3 heteroatoms. The van der Waals surface area contributed by atoms with Gasteiger partial charge in [-0.25, -0.2) is 0 Å². The Balaban J connectivity index is 2.39. The molecule has 1 unspecified atom stereocenters. The van der Waals surface area contributed by atoms with Gasteiger partial charge in [0.1, 0.15) is 5.78 Å². The van der Waals surface area contributed by atoms with Crippen molar-refractivity contribution in [3.8, 4) is 0 Å². The van der Waals surface area contributed by atoms with Crippen molar-refractivity contribution >= 4 is 17.4 Å². The fourth-order valence-corrected chi connectivity index (χ4v) is 1.95. The number of ketones is 1. The Hall–Kier alpha value is -0.340. The highest BCUT2D eigenvalue weighted by molar-refractivity contribution is 6.25. The van der Waals surface area contributed by atoms with Crippen LogP contribution in [-0.4, -0.2) is 29.8 Å². The second kappa shape index (κ2) is 5.40. The van der Waals surface area contributed by atoms with E-state index < -0.39 is 0 Å². The van der Waals surface area contributed by atoms with Crippen molar-refractivity contribution in [2.75, 3.05) is 13.1 Å². The Morgan fingerprint density at radius 1 is 1.69 bits per heavy atom. The van der Waals surface area contributed by atoms with Gasteiger partial charge >= 0.3 is 0 Å². The lowest BCUT2D eigenvalue weighted by atomic mass is 10.1. The quantitative estimate of drug-likeness (QED) is 0.695. The molecule has 0 bridgehead atoms. The summed E-state index contributed by atoms with van der Waals surface area (Å²) in [5, 5.41) is 0. The van der Waals surface area contributed by atoms with Crippen LogP contribution in [0.1, 0.15) is 26.2 Å². The molecule has 0 aromatic carbocycles. The molecule has 13 heavy (non-hydrogen) atoms. The van der Waals surface area contributed by atoms with E-state index in [4.69, 9.17) is 11.6 Å². The second-order valence-electron chi connectivity index (χ2n) is 3.56. The maximum atomic E-state index is 10.9. The normalized spacial score (nSPS) is 24.3. The predicted molar refractivity (Wildman–Crippen MR) is 54.9 cm³/mol. The average molecular weight is 202 g/mol. The van der Waals surface area contributed by atoms with E-state index in [2.05, 4.69) is 4.90 Å². The van der Waals surface area contributed by atoms with Crippen molar-refractivity contribution in [1.29, 1.82) is 0 Å². The van der Waals surface area contributed by atoms with Gasteiger partial charge in [-0.3, -0.25) is 9.69 Å². The summed E-state index contributed by atoms with van der Waals surface area (Å²) in [6.07, 6.45) is 4.97. The van der Waals surface area contributed by atoms with Crippen LogP contribution in [0.25, 0.3) is 0 Å². The van der Waals surface area contributed by atoms with Crippen LogP contribution in [0, 0.1) is 0 Å². The lowest BCUT2D eigenvalue weighted by molar-refractivity contribution is -0.117. The molecule has 1 aliphatic heterocycles. The number of Topliss-reactive ketones (excluding diaryl/α,β-unsaturated/α-hetero) is 1. The van der Waals surface area contributed by atoms with E-state index in [-0.39, 0.29) is 5.78 Å². The second-order valence-corrected chi connectivity index (χ2v) is 3.81. The zero-order valence-electron chi connectivity index (χ0n) is 8.00. The van der Waals surface area contributed by atoms with Crippen molar-refractivity contribution in [1.82, 2.24) is 4.90 Å². The van der Waals surface area contributed by atoms with Crippen LogP contribution >= 0.6 is 11.6 Å². The van der Waals surface area contributed by atoms with E-state index in [0.717, 1.165) is 19.5 Å². The minimum atomic E-state index is 0.284. The number of hydrogen-bond acceptors (Lipinski definition) is 2. The van der Waals surface area contributed by atoms with Gasteiger partial charge in [0.2, 0.25) is 0 Å². The molecular formula is C10H16ClNO. The molecule has 0 aromatic rings. The van der Waals surface area contributed by atoms with Crippen LogP contribution in [0.3, 0.4) is 0 Å². The van der Waals surface area contributed by atoms with Crippen molar-refractivity contribution in [3.63, 3.8) is 0 Å². The van der Waals surface area contributed by atoms with Gasteiger partial charge in [0, 0.05) is 24.5 Å². The van der Waals surface area contributed by atoms with E-state index in [0.29, 0.717) is 12.5 Å². The van der Waals surface area contributed by atoms with Crippen molar-refractivity contribution in [2.24, 2.45) is 0 Å². The highest BCUT2D eigenvalue weighted by Gasteiger charge is 2.24. The lowest BCUT2D eigenvalue weighted by Gasteiger charge is -2.21. The van der Waals surface area contributed by atoms with Crippen molar-refractivity contribution < 1.29 is 4.79 Å². The molecular weight excluding hydrogens is 186 g/mol. The summed E-state index contributed by atoms with van der Waals surface area (Å²) >= 11 is 5.46. The van der Waals surface area contributed by atoms with Crippen LogP contribution in [0.5, 0.6) is 0 Å². The van der Waals surface area contributed by atoms with E-state index in [1.54, 1.807) is 12.5 Å². The Morgan fingerprint density at radius 3 is 3.08 bits per heavy atom. The molecule has 0 aliphatic carbocycles. The Labute approximate surface area is 84.6 Å². The minimum Gasteiger partial charge on any atom is -0.300 e. The van der Waals surface area contributed by atoms with Gasteiger partial charge in [0.15, 0.2) is 0 Å². The number of halogens is 1. The molecule has 74 valence electrons. The van der Waals surface area contributed by atoms with Crippen LogP contribution in [0.4, 0.5) is 0 Å². The fourth-order valence-electron chi connectivity index (χ4n) is 1.87. The number of carbonyl (C=O) groups is 1. The first-order chi connectivity index (χ1) is 6.24. The zero-order valence-corrected chi connectivity index (χ0v) is 8.76. The first-order valence-corrected chi connectivity index (χ1v) is 5.16. The summed E-state index contributed by atoms with van der Waals surface area (Å²) in [5.74, 6) is 0.284. The standard InChI is InChI=1S/C10H16ClNO/c1-9(13)8-10-4-2-6-12(10)7-3-5-11/h3,5,10H,2,4,6-8H2,1H3. The number of hydrogen-bond donors (Lipinski definition) is 0. The molecule has 1 atom stereocenters. The molecule has 0 amide bonds. The van der Waals surface area contributed by atoms with E-state index in [1.807, 2.05) is 6.08 Å². The molecule has 1 fully saturated rings. The topological polar surface area (TPSA) is 20.3 Å². The molecule has 1 saturated heterocycles. The van der Waals surface area contributed by atoms with Gasteiger partial charge in [0.05, 0.1) is 0 Å². The number of nitrogens with zero attached hydrogens (tertiary/aromatic N) is 1. The summed E-state index contributed by atoms with van der Waals surface area (Å²) in [7, 11) is 0. The SMILES string of the molecule is CC(=O)CC1CCCN1CC=CCl. The summed E-state index contributed by atoms with van der Waals surface area (Å²) < 4.78 is 0. The smallest absolute Gasteiger partial charge is 0.131 e. The molecule has 0 aromatic heterocycles. The highest BCUT2D eigenvalue weighted by atomic mass is 35.5. The summed E-state index contributed by atoms with van der Waals surface area (Å²) in [5.41, 5.74) is 1.54. The van der Waals surface area contributed by atoms with Crippen molar-refractivity contribution in [3.05, 3.63) is 11.6 Å². The monoisotopic (exact) mass is 201 g/mol. The van der Waals surface area contributed by atoms with Gasteiger partial charge in [0.25, 0.3) is 0 Å². The average Bonchev–Trinajstić information content (AvgIpc) is 2.48. The van der Waals surface area contributed by atoms with E-state index in [9.17, 15) is 4.79 Å².